The van der Waals surface area contributed by atoms with Crippen LogP contribution in [0.5, 0.6) is 11.5 Å². The number of aromatic hydroxyl groups is 1. The summed E-state index contributed by atoms with van der Waals surface area (Å²) in [5.41, 5.74) is 8.14. The van der Waals surface area contributed by atoms with Crippen LogP contribution >= 0.6 is 0 Å². The van der Waals surface area contributed by atoms with Crippen molar-refractivity contribution in [3.63, 3.8) is 0 Å². The lowest BCUT2D eigenvalue weighted by Crippen LogP contribution is -2.26. The summed E-state index contributed by atoms with van der Waals surface area (Å²) in [5, 5.41) is 14.6. The topological polar surface area (TPSA) is 72.6 Å². The molecule has 1 atom stereocenters. The van der Waals surface area contributed by atoms with E-state index in [2.05, 4.69) is 0 Å². The van der Waals surface area contributed by atoms with Crippen molar-refractivity contribution in [2.45, 2.75) is 6.04 Å². The van der Waals surface area contributed by atoms with Gasteiger partial charge in [-0.25, -0.2) is 4.79 Å². The molecule has 5 aromatic rings. The smallest absolute Gasteiger partial charge is 0.332 e. The van der Waals surface area contributed by atoms with E-state index in [0.717, 1.165) is 21.5 Å². The van der Waals surface area contributed by atoms with Crippen LogP contribution in [0.1, 0.15) is 11.6 Å². The van der Waals surface area contributed by atoms with Crippen molar-refractivity contribution in [2.75, 3.05) is 0 Å². The monoisotopic (exact) mass is 419 g/mol. The number of nitrogens with two attached hydrogens (primary N) is 1. The van der Waals surface area contributed by atoms with Gasteiger partial charge >= 0.3 is 5.97 Å². The molecule has 5 rings (SSSR count). The Morgan fingerprint density at radius 2 is 1.25 bits per heavy atom. The predicted molar refractivity (Wildman–Crippen MR) is 128 cm³/mol. The molecule has 5 aromatic carbocycles. The summed E-state index contributed by atoms with van der Waals surface area (Å²) in [6.45, 7) is 0. The molecule has 4 heteroatoms. The first-order valence-electron chi connectivity index (χ1n) is 10.4. The van der Waals surface area contributed by atoms with Crippen molar-refractivity contribution >= 4 is 27.5 Å². The number of fused-ring (bicyclic) bond motifs is 2. The van der Waals surface area contributed by atoms with Gasteiger partial charge in [0.2, 0.25) is 0 Å². The largest absolute Gasteiger partial charge is 0.507 e. The molecule has 0 saturated carbocycles. The molecule has 0 bridgehead atoms. The first-order chi connectivity index (χ1) is 15.6. The Balaban J connectivity index is 1.70. The van der Waals surface area contributed by atoms with Crippen LogP contribution in [0.2, 0.25) is 0 Å². The highest BCUT2D eigenvalue weighted by Gasteiger charge is 2.23. The average Bonchev–Trinajstić information content (AvgIpc) is 2.84. The van der Waals surface area contributed by atoms with Crippen LogP contribution in [0.25, 0.3) is 32.7 Å². The number of hydrogen-bond donors (Lipinski definition) is 2. The van der Waals surface area contributed by atoms with E-state index in [1.807, 2.05) is 78.9 Å². The Kier molecular flexibility index (Phi) is 5.06. The van der Waals surface area contributed by atoms with E-state index >= 15 is 0 Å². The van der Waals surface area contributed by atoms with Crippen LogP contribution in [-0.2, 0) is 4.79 Å². The maximum atomic E-state index is 13.0. The molecule has 156 valence electrons. The van der Waals surface area contributed by atoms with Gasteiger partial charge in [0.15, 0.2) is 0 Å². The Morgan fingerprint density at radius 3 is 1.94 bits per heavy atom. The minimum atomic E-state index is -0.920. The van der Waals surface area contributed by atoms with E-state index in [1.165, 1.54) is 0 Å². The lowest BCUT2D eigenvalue weighted by Gasteiger charge is -2.18. The fourth-order valence-electron chi connectivity index (χ4n) is 4.09. The molecule has 0 heterocycles. The van der Waals surface area contributed by atoms with Crippen LogP contribution in [0.4, 0.5) is 0 Å². The second-order valence-corrected chi connectivity index (χ2v) is 7.65. The highest BCUT2D eigenvalue weighted by atomic mass is 16.5. The predicted octanol–water partition coefficient (Wildman–Crippen LogP) is 5.97. The Morgan fingerprint density at radius 1 is 0.688 bits per heavy atom. The normalized spacial score (nSPS) is 12.0. The zero-order chi connectivity index (χ0) is 22.1. The molecule has 0 unspecified atom stereocenters. The average molecular weight is 419 g/mol. The van der Waals surface area contributed by atoms with Gasteiger partial charge in [-0.2, -0.15) is 0 Å². The van der Waals surface area contributed by atoms with E-state index in [0.29, 0.717) is 22.4 Å². The number of hydrogen-bond acceptors (Lipinski definition) is 4. The second kappa shape index (κ2) is 8.17. The van der Waals surface area contributed by atoms with Crippen molar-refractivity contribution in [1.82, 2.24) is 0 Å². The quantitative estimate of drug-likeness (QED) is 0.278. The Labute approximate surface area is 185 Å². The van der Waals surface area contributed by atoms with Gasteiger partial charge in [0.1, 0.15) is 17.5 Å². The summed E-state index contributed by atoms with van der Waals surface area (Å²) in [5.74, 6) is -0.0936. The molecule has 0 spiro atoms. The number of esters is 1. The third kappa shape index (κ3) is 3.47. The number of phenolic OH excluding ortho intramolecular Hbond substituents is 1. The first-order valence-corrected chi connectivity index (χ1v) is 10.4. The zero-order valence-corrected chi connectivity index (χ0v) is 17.2. The lowest BCUT2D eigenvalue weighted by molar-refractivity contribution is -0.135. The molecular formula is C28H21NO3. The van der Waals surface area contributed by atoms with Crippen molar-refractivity contribution in [2.24, 2.45) is 5.73 Å². The first kappa shape index (κ1) is 19.8. The van der Waals surface area contributed by atoms with Crippen molar-refractivity contribution in [3.05, 3.63) is 109 Å². The van der Waals surface area contributed by atoms with Gasteiger partial charge in [0.25, 0.3) is 0 Å². The van der Waals surface area contributed by atoms with E-state index in [9.17, 15) is 9.90 Å². The molecule has 0 fully saturated rings. The molecule has 0 radical (unpaired) electrons. The lowest BCUT2D eigenvalue weighted by atomic mass is 9.92. The molecule has 0 amide bonds. The maximum Gasteiger partial charge on any atom is 0.332 e. The molecule has 0 aliphatic carbocycles. The summed E-state index contributed by atoms with van der Waals surface area (Å²) in [4.78, 5) is 13.0. The van der Waals surface area contributed by atoms with E-state index in [-0.39, 0.29) is 5.75 Å². The summed E-state index contributed by atoms with van der Waals surface area (Å²) >= 11 is 0. The zero-order valence-electron chi connectivity index (χ0n) is 17.2. The number of benzene rings is 5. The summed E-state index contributed by atoms with van der Waals surface area (Å²) in [7, 11) is 0. The molecule has 0 aliphatic heterocycles. The van der Waals surface area contributed by atoms with Crippen LogP contribution in [0.3, 0.4) is 0 Å². The second-order valence-electron chi connectivity index (χ2n) is 7.65. The molecule has 0 aliphatic rings. The van der Waals surface area contributed by atoms with Gasteiger partial charge in [-0.1, -0.05) is 91.0 Å². The SMILES string of the molecule is N[C@@H](C(=O)Oc1ccc2ccccc2c1-c1c(O)ccc2ccccc12)c1ccccc1. The molecule has 32 heavy (non-hydrogen) atoms. The van der Waals surface area contributed by atoms with Crippen LogP contribution in [0, 0.1) is 0 Å². The summed E-state index contributed by atoms with van der Waals surface area (Å²) in [6, 6.07) is 31.0. The van der Waals surface area contributed by atoms with Gasteiger partial charge in [-0.05, 0) is 39.2 Å². The molecule has 0 saturated heterocycles. The van der Waals surface area contributed by atoms with Crippen molar-refractivity contribution in [3.8, 4) is 22.6 Å². The number of phenols is 1. The molecule has 0 aromatic heterocycles. The maximum absolute atomic E-state index is 13.0. The minimum absolute atomic E-state index is 0.115. The standard InChI is InChI=1S/C28H21NO3/c29-27(20-10-2-1-3-11-20)28(31)32-24-17-15-19-9-5-7-13-22(19)26(24)25-21-12-6-4-8-18(21)14-16-23(25)30/h1-17,27,30H,29H2/t27-/m1/s1. The molecule has 4 nitrogen and oxygen atoms in total. The van der Waals surface area contributed by atoms with Gasteiger partial charge in [0.05, 0.1) is 0 Å². The summed E-state index contributed by atoms with van der Waals surface area (Å²) in [6.07, 6.45) is 0. The number of carbonyl (C=O) groups excluding carboxylic acids is 1. The van der Waals surface area contributed by atoms with Crippen LogP contribution in [-0.4, -0.2) is 11.1 Å². The highest BCUT2D eigenvalue weighted by molar-refractivity contribution is 6.10. The fourth-order valence-corrected chi connectivity index (χ4v) is 4.09. The highest BCUT2D eigenvalue weighted by Crippen LogP contribution is 2.45. The van der Waals surface area contributed by atoms with Gasteiger partial charge in [-0.15, -0.1) is 0 Å². The summed E-state index contributed by atoms with van der Waals surface area (Å²) < 4.78 is 5.85. The van der Waals surface area contributed by atoms with E-state index < -0.39 is 12.0 Å². The molecule has 3 N–H and O–H groups in total. The van der Waals surface area contributed by atoms with Crippen LogP contribution in [0.15, 0.2) is 103 Å². The number of carbonyl (C=O) groups is 1. The van der Waals surface area contributed by atoms with E-state index in [1.54, 1.807) is 24.3 Å². The minimum Gasteiger partial charge on any atom is -0.507 e. The Hall–Kier alpha value is -4.15. The molecular weight excluding hydrogens is 398 g/mol. The number of ether oxygens (including phenoxy) is 1. The van der Waals surface area contributed by atoms with Crippen LogP contribution < -0.4 is 10.5 Å². The van der Waals surface area contributed by atoms with Crippen molar-refractivity contribution in [1.29, 1.82) is 0 Å². The number of rotatable bonds is 4. The Bertz CT molecular complexity index is 1440. The van der Waals surface area contributed by atoms with Crippen molar-refractivity contribution < 1.29 is 14.6 Å². The third-order valence-corrected chi connectivity index (χ3v) is 5.67. The van der Waals surface area contributed by atoms with Gasteiger partial charge in [-0.3, -0.25) is 0 Å². The van der Waals surface area contributed by atoms with Gasteiger partial charge < -0.3 is 15.6 Å². The fraction of sp³-hybridized carbons (Fsp3) is 0.0357. The van der Waals surface area contributed by atoms with E-state index in [4.69, 9.17) is 10.5 Å². The third-order valence-electron chi connectivity index (χ3n) is 5.67. The van der Waals surface area contributed by atoms with Gasteiger partial charge in [0, 0.05) is 11.1 Å².